The minimum absolute atomic E-state index is 0.162. The number of fused-ring (bicyclic) bond motifs is 1. The molecule has 5 rings (SSSR count). The molecule has 0 radical (unpaired) electrons. The summed E-state index contributed by atoms with van der Waals surface area (Å²) in [4.78, 5) is 39.8. The second kappa shape index (κ2) is 11.8. The Morgan fingerprint density at radius 2 is 1.75 bits per heavy atom. The zero-order chi connectivity index (χ0) is 28.4. The highest BCUT2D eigenvalue weighted by Gasteiger charge is 2.37. The van der Waals surface area contributed by atoms with Crippen molar-refractivity contribution in [1.82, 2.24) is 5.32 Å². The van der Waals surface area contributed by atoms with E-state index in [2.05, 4.69) is 62.0 Å². The van der Waals surface area contributed by atoms with Gasteiger partial charge in [0.25, 0.3) is 11.8 Å². The van der Waals surface area contributed by atoms with Gasteiger partial charge in [-0.15, -0.1) is 0 Å². The molecule has 4 aromatic rings. The average Bonchev–Trinajstić information content (AvgIpc) is 2.92. The van der Waals surface area contributed by atoms with Gasteiger partial charge in [-0.2, -0.15) is 0 Å². The van der Waals surface area contributed by atoms with Gasteiger partial charge in [0, 0.05) is 4.47 Å². The summed E-state index contributed by atoms with van der Waals surface area (Å²) in [5, 5.41) is 4.52. The van der Waals surface area contributed by atoms with Gasteiger partial charge in [-0.1, -0.05) is 58.4 Å². The lowest BCUT2D eigenvalue weighted by Crippen LogP contribution is -2.54. The van der Waals surface area contributed by atoms with Gasteiger partial charge >= 0.3 is 6.03 Å². The number of nitrogens with one attached hydrogen (secondary N) is 1. The van der Waals surface area contributed by atoms with Gasteiger partial charge in [-0.05, 0) is 100 Å². The largest absolute Gasteiger partial charge is 0.490 e. The van der Waals surface area contributed by atoms with Crippen molar-refractivity contribution in [1.29, 1.82) is 0 Å². The number of benzene rings is 4. The molecule has 0 bridgehead atoms. The van der Waals surface area contributed by atoms with Crippen LogP contribution in [0.15, 0.2) is 82.8 Å². The maximum atomic E-state index is 13.4. The fraction of sp³-hybridized carbons (Fsp3) is 0.129. The molecule has 1 N–H and O–H groups in total. The number of barbiturate groups is 1. The Balaban J connectivity index is 1.47. The third-order valence-corrected chi connectivity index (χ3v) is 7.69. The van der Waals surface area contributed by atoms with Crippen molar-refractivity contribution in [3.8, 4) is 11.5 Å². The number of carbonyl (C=O) groups excluding carboxylic acids is 3. The molecule has 40 heavy (non-hydrogen) atoms. The van der Waals surface area contributed by atoms with Crippen LogP contribution < -0.4 is 19.7 Å². The van der Waals surface area contributed by atoms with Gasteiger partial charge in [0.2, 0.25) is 0 Å². The highest BCUT2D eigenvalue weighted by atomic mass is 127. The van der Waals surface area contributed by atoms with Crippen LogP contribution in [-0.4, -0.2) is 24.5 Å². The van der Waals surface area contributed by atoms with E-state index in [1.807, 2.05) is 31.2 Å². The minimum Gasteiger partial charge on any atom is -0.490 e. The number of hydrogen-bond donors (Lipinski definition) is 1. The van der Waals surface area contributed by atoms with Crippen molar-refractivity contribution in [2.45, 2.75) is 20.5 Å². The Labute approximate surface area is 253 Å². The van der Waals surface area contributed by atoms with E-state index >= 15 is 0 Å². The molecule has 0 aromatic heterocycles. The van der Waals surface area contributed by atoms with E-state index in [4.69, 9.17) is 9.47 Å². The molecule has 0 unspecified atom stereocenters. The number of hydrogen-bond acceptors (Lipinski definition) is 5. The van der Waals surface area contributed by atoms with Gasteiger partial charge in [0.15, 0.2) is 11.5 Å². The second-order valence-corrected chi connectivity index (χ2v) is 11.2. The van der Waals surface area contributed by atoms with E-state index in [1.165, 1.54) is 6.08 Å². The zero-order valence-corrected chi connectivity index (χ0v) is 25.4. The quantitative estimate of drug-likeness (QED) is 0.125. The maximum Gasteiger partial charge on any atom is 0.335 e. The molecule has 0 aliphatic carbocycles. The highest BCUT2D eigenvalue weighted by molar-refractivity contribution is 14.1. The van der Waals surface area contributed by atoms with E-state index in [1.54, 1.807) is 37.3 Å². The topological polar surface area (TPSA) is 84.9 Å². The van der Waals surface area contributed by atoms with Crippen molar-refractivity contribution >= 4 is 78.9 Å². The number of aryl methyl sites for hydroxylation is 1. The molecule has 1 heterocycles. The molecular weight excluding hydrogens is 687 g/mol. The summed E-state index contributed by atoms with van der Waals surface area (Å²) < 4.78 is 13.7. The van der Waals surface area contributed by atoms with Crippen molar-refractivity contribution in [2.24, 2.45) is 0 Å². The monoisotopic (exact) mass is 710 g/mol. The summed E-state index contributed by atoms with van der Waals surface area (Å²) >= 11 is 5.54. The minimum atomic E-state index is -0.792. The molecule has 1 fully saturated rings. The van der Waals surface area contributed by atoms with Crippen LogP contribution in [0.1, 0.15) is 23.6 Å². The number of carbonyl (C=O) groups is 3. The zero-order valence-electron chi connectivity index (χ0n) is 21.7. The van der Waals surface area contributed by atoms with Gasteiger partial charge in [-0.3, -0.25) is 14.9 Å². The molecule has 0 saturated carbocycles. The molecule has 1 saturated heterocycles. The number of halogens is 2. The Kier molecular flexibility index (Phi) is 8.22. The SMILES string of the molecule is CCOc1cc(/C=C2/C(=O)NC(=O)N(c3ccc(Br)cc3C)C2=O)cc(I)c1OCc1cccc2ccccc12. The molecule has 9 heteroatoms. The van der Waals surface area contributed by atoms with Crippen LogP contribution in [0.25, 0.3) is 16.8 Å². The van der Waals surface area contributed by atoms with Crippen LogP contribution in [0, 0.1) is 10.5 Å². The second-order valence-electron chi connectivity index (χ2n) is 9.08. The number of anilines is 1. The first-order valence-corrected chi connectivity index (χ1v) is 14.4. The van der Waals surface area contributed by atoms with Gasteiger partial charge in [0.05, 0.1) is 15.9 Å². The summed E-state index contributed by atoms with van der Waals surface area (Å²) in [7, 11) is 0. The first-order chi connectivity index (χ1) is 19.3. The van der Waals surface area contributed by atoms with Crippen LogP contribution in [0.2, 0.25) is 0 Å². The lowest BCUT2D eigenvalue weighted by Gasteiger charge is -2.27. The summed E-state index contributed by atoms with van der Waals surface area (Å²) in [6, 6.07) is 22.1. The van der Waals surface area contributed by atoms with Gasteiger partial charge in [0.1, 0.15) is 12.2 Å². The molecule has 4 aromatic carbocycles. The fourth-order valence-electron chi connectivity index (χ4n) is 4.56. The number of imide groups is 2. The molecule has 202 valence electrons. The number of amides is 4. The Hall–Kier alpha value is -3.70. The van der Waals surface area contributed by atoms with Crippen LogP contribution >= 0.6 is 38.5 Å². The standard InChI is InChI=1S/C31H24BrIN2O5/c1-3-39-27-16-19(15-25(33)28(27)40-17-21-9-6-8-20-7-4-5-10-23(20)21)14-24-29(36)34-31(38)35(30(24)37)26-12-11-22(32)13-18(26)2/h4-16H,3,17H2,1-2H3,(H,34,36,38)/b24-14-. The van der Waals surface area contributed by atoms with Gasteiger partial charge in [-0.25, -0.2) is 9.69 Å². The van der Waals surface area contributed by atoms with E-state index in [9.17, 15) is 14.4 Å². The predicted octanol–water partition coefficient (Wildman–Crippen LogP) is 7.16. The molecule has 7 nitrogen and oxygen atoms in total. The predicted molar refractivity (Wildman–Crippen MR) is 166 cm³/mol. The number of nitrogens with zero attached hydrogens (tertiary/aromatic N) is 1. The normalized spacial score (nSPS) is 14.6. The Bertz CT molecular complexity index is 1700. The van der Waals surface area contributed by atoms with Crippen molar-refractivity contribution in [3.63, 3.8) is 0 Å². The molecule has 0 atom stereocenters. The molecular formula is C31H24BrIN2O5. The summed E-state index contributed by atoms with van der Waals surface area (Å²) in [6.07, 6.45) is 1.46. The fourth-order valence-corrected chi connectivity index (χ4v) is 5.81. The lowest BCUT2D eigenvalue weighted by atomic mass is 10.0. The number of urea groups is 1. The van der Waals surface area contributed by atoms with Crippen LogP contribution in [0.3, 0.4) is 0 Å². The van der Waals surface area contributed by atoms with Crippen molar-refractivity contribution in [2.75, 3.05) is 11.5 Å². The van der Waals surface area contributed by atoms with Crippen molar-refractivity contribution < 1.29 is 23.9 Å². The first kappa shape index (κ1) is 27.9. The first-order valence-electron chi connectivity index (χ1n) is 12.5. The van der Waals surface area contributed by atoms with Gasteiger partial charge < -0.3 is 9.47 Å². The highest BCUT2D eigenvalue weighted by Crippen LogP contribution is 2.36. The molecule has 1 aliphatic rings. The average molecular weight is 711 g/mol. The Morgan fingerprint density at radius 3 is 2.52 bits per heavy atom. The van der Waals surface area contributed by atoms with Crippen molar-refractivity contribution in [3.05, 3.63) is 103 Å². The lowest BCUT2D eigenvalue weighted by molar-refractivity contribution is -0.122. The third kappa shape index (κ3) is 5.62. The van der Waals surface area contributed by atoms with E-state index in [0.29, 0.717) is 41.5 Å². The van der Waals surface area contributed by atoms with E-state index in [0.717, 1.165) is 29.3 Å². The van der Waals surface area contributed by atoms with Crippen LogP contribution in [-0.2, 0) is 16.2 Å². The third-order valence-electron chi connectivity index (χ3n) is 6.40. The number of rotatable bonds is 7. The van der Waals surface area contributed by atoms with Crippen LogP contribution in [0.5, 0.6) is 11.5 Å². The van der Waals surface area contributed by atoms with E-state index < -0.39 is 17.8 Å². The van der Waals surface area contributed by atoms with E-state index in [-0.39, 0.29) is 5.57 Å². The summed E-state index contributed by atoms with van der Waals surface area (Å²) in [6.45, 7) is 4.39. The maximum absolute atomic E-state index is 13.4. The van der Waals surface area contributed by atoms with Crippen LogP contribution in [0.4, 0.5) is 10.5 Å². The Morgan fingerprint density at radius 1 is 0.975 bits per heavy atom. The summed E-state index contributed by atoms with van der Waals surface area (Å²) in [5.41, 5.74) is 2.54. The summed E-state index contributed by atoms with van der Waals surface area (Å²) in [5.74, 6) is -0.408. The molecule has 4 amide bonds. The number of ether oxygens (including phenoxy) is 2. The molecule has 0 spiro atoms. The molecule has 1 aliphatic heterocycles. The smallest absolute Gasteiger partial charge is 0.335 e.